The highest BCUT2D eigenvalue weighted by atomic mass is 32.2. The second-order valence-electron chi connectivity index (χ2n) is 7.28. The molecule has 1 aliphatic heterocycles. The van der Waals surface area contributed by atoms with Crippen molar-refractivity contribution in [3.63, 3.8) is 0 Å². The molecule has 1 atom stereocenters. The van der Waals surface area contributed by atoms with Crippen molar-refractivity contribution in [2.75, 3.05) is 19.4 Å². The Hall–Kier alpha value is -1.40. The second-order valence-corrected chi connectivity index (χ2v) is 9.30. The first kappa shape index (κ1) is 18.4. The van der Waals surface area contributed by atoms with Crippen molar-refractivity contribution in [2.24, 2.45) is 0 Å². The van der Waals surface area contributed by atoms with Crippen LogP contribution in [0.25, 0.3) is 0 Å². The van der Waals surface area contributed by atoms with Gasteiger partial charge >= 0.3 is 0 Å². The minimum Gasteiger partial charge on any atom is -0.376 e. The van der Waals surface area contributed by atoms with Crippen molar-refractivity contribution in [3.05, 3.63) is 29.8 Å². The van der Waals surface area contributed by atoms with Gasteiger partial charge in [-0.15, -0.1) is 0 Å². The van der Waals surface area contributed by atoms with Crippen LogP contribution in [-0.4, -0.2) is 39.8 Å². The second kappa shape index (κ2) is 7.46. The highest BCUT2D eigenvalue weighted by Gasteiger charge is 2.41. The fraction of sp³-hybridized carbons (Fsp3) is 0.632. The van der Waals surface area contributed by atoms with E-state index < -0.39 is 15.3 Å². The average molecular weight is 365 g/mol. The third kappa shape index (κ3) is 4.06. The Morgan fingerprint density at radius 1 is 1.16 bits per heavy atom. The van der Waals surface area contributed by atoms with E-state index in [-0.39, 0.29) is 12.0 Å². The number of hydrogen-bond acceptors (Lipinski definition) is 4. The molecule has 1 aliphatic carbocycles. The van der Waals surface area contributed by atoms with Crippen molar-refractivity contribution >= 4 is 15.7 Å². The number of amides is 1. The van der Waals surface area contributed by atoms with Crippen molar-refractivity contribution in [3.8, 4) is 0 Å². The Morgan fingerprint density at radius 3 is 2.40 bits per heavy atom. The minimum absolute atomic E-state index is 0.0507. The first-order valence-electron chi connectivity index (χ1n) is 9.12. The molecule has 5 nitrogen and oxygen atoms in total. The molecule has 138 valence electrons. The van der Waals surface area contributed by atoms with E-state index in [1.807, 2.05) is 12.1 Å². The van der Waals surface area contributed by atoms with Gasteiger partial charge in [0.2, 0.25) is 5.91 Å². The zero-order valence-corrected chi connectivity index (χ0v) is 15.6. The van der Waals surface area contributed by atoms with Crippen LogP contribution in [0.4, 0.5) is 0 Å². The van der Waals surface area contributed by atoms with Gasteiger partial charge in [-0.3, -0.25) is 4.79 Å². The molecule has 0 radical (unpaired) electrons. The lowest BCUT2D eigenvalue weighted by molar-refractivity contribution is -0.128. The van der Waals surface area contributed by atoms with E-state index in [0.29, 0.717) is 11.4 Å². The maximum Gasteiger partial charge on any atom is 0.230 e. The van der Waals surface area contributed by atoms with Gasteiger partial charge in [-0.25, -0.2) is 8.42 Å². The largest absolute Gasteiger partial charge is 0.376 e. The lowest BCUT2D eigenvalue weighted by atomic mass is 9.68. The standard InChI is InChI=1S/C19H27NO4S/c1-25(22,23)17-9-7-15(8-10-17)19(11-3-2-4-12-19)18(21)20-14-16-6-5-13-24-16/h7-10,16H,2-6,11-14H2,1H3,(H,20,21)/t16-/m0/s1. The molecular weight excluding hydrogens is 338 g/mol. The van der Waals surface area contributed by atoms with Gasteiger partial charge in [-0.2, -0.15) is 0 Å². The zero-order valence-electron chi connectivity index (χ0n) is 14.8. The molecule has 0 spiro atoms. The van der Waals surface area contributed by atoms with Gasteiger partial charge in [0.1, 0.15) is 0 Å². The fourth-order valence-corrected chi connectivity index (χ4v) is 4.63. The Balaban J connectivity index is 1.81. The summed E-state index contributed by atoms with van der Waals surface area (Å²) in [6, 6.07) is 6.86. The number of nitrogens with one attached hydrogen (secondary N) is 1. The highest BCUT2D eigenvalue weighted by molar-refractivity contribution is 7.90. The summed E-state index contributed by atoms with van der Waals surface area (Å²) in [5.74, 6) is 0.0507. The fourth-order valence-electron chi connectivity index (χ4n) is 4.00. The number of sulfone groups is 1. The van der Waals surface area contributed by atoms with E-state index in [2.05, 4.69) is 5.32 Å². The molecule has 0 bridgehead atoms. The molecule has 1 amide bonds. The van der Waals surface area contributed by atoms with E-state index in [1.165, 1.54) is 6.26 Å². The van der Waals surface area contributed by atoms with Crippen LogP contribution in [0.1, 0.15) is 50.5 Å². The van der Waals surface area contributed by atoms with Gasteiger partial charge in [0.15, 0.2) is 9.84 Å². The molecule has 1 saturated carbocycles. The average Bonchev–Trinajstić information content (AvgIpc) is 3.13. The molecule has 2 aliphatic rings. The summed E-state index contributed by atoms with van der Waals surface area (Å²) in [5.41, 5.74) is 0.372. The molecular formula is C19H27NO4S. The molecule has 0 aromatic heterocycles. The Bertz CT molecular complexity index is 699. The summed E-state index contributed by atoms with van der Waals surface area (Å²) in [4.78, 5) is 13.4. The van der Waals surface area contributed by atoms with Crippen LogP contribution >= 0.6 is 0 Å². The van der Waals surface area contributed by atoms with Crippen molar-refractivity contribution < 1.29 is 17.9 Å². The van der Waals surface area contributed by atoms with Gasteiger partial charge in [-0.05, 0) is 43.4 Å². The normalized spacial score (nSPS) is 23.3. The molecule has 1 heterocycles. The Labute approximate surface area is 150 Å². The monoisotopic (exact) mass is 365 g/mol. The van der Waals surface area contributed by atoms with E-state index in [0.717, 1.165) is 57.1 Å². The predicted molar refractivity (Wildman–Crippen MR) is 96.3 cm³/mol. The minimum atomic E-state index is -3.23. The number of benzene rings is 1. The van der Waals surface area contributed by atoms with Gasteiger partial charge < -0.3 is 10.1 Å². The van der Waals surface area contributed by atoms with Crippen LogP contribution in [-0.2, 0) is 24.8 Å². The summed E-state index contributed by atoms with van der Waals surface area (Å²) in [5, 5.41) is 3.10. The van der Waals surface area contributed by atoms with E-state index >= 15 is 0 Å². The quantitative estimate of drug-likeness (QED) is 0.870. The van der Waals surface area contributed by atoms with Crippen LogP contribution in [0.2, 0.25) is 0 Å². The number of ether oxygens (including phenoxy) is 1. The summed E-state index contributed by atoms with van der Waals surface area (Å²) < 4.78 is 29.0. The molecule has 1 saturated heterocycles. The van der Waals surface area contributed by atoms with Gasteiger partial charge in [0.05, 0.1) is 16.4 Å². The molecule has 3 rings (SSSR count). The van der Waals surface area contributed by atoms with Crippen LogP contribution in [0, 0.1) is 0 Å². The van der Waals surface area contributed by atoms with Crippen molar-refractivity contribution in [2.45, 2.75) is 61.4 Å². The molecule has 1 N–H and O–H groups in total. The lowest BCUT2D eigenvalue weighted by Crippen LogP contribution is -2.47. The number of carbonyl (C=O) groups excluding carboxylic acids is 1. The topological polar surface area (TPSA) is 72.5 Å². The summed E-state index contributed by atoms with van der Waals surface area (Å²) in [7, 11) is -3.23. The Morgan fingerprint density at radius 2 is 1.84 bits per heavy atom. The van der Waals surface area contributed by atoms with Gasteiger partial charge in [0, 0.05) is 19.4 Å². The van der Waals surface area contributed by atoms with E-state index in [9.17, 15) is 13.2 Å². The summed E-state index contributed by atoms with van der Waals surface area (Å²) >= 11 is 0. The third-order valence-corrected chi connectivity index (χ3v) is 6.62. The first-order valence-corrected chi connectivity index (χ1v) is 11.0. The molecule has 1 aromatic rings. The lowest BCUT2D eigenvalue weighted by Gasteiger charge is -2.36. The highest BCUT2D eigenvalue weighted by Crippen LogP contribution is 2.40. The number of carbonyl (C=O) groups is 1. The first-order chi connectivity index (χ1) is 11.9. The molecule has 0 unspecified atom stereocenters. The number of hydrogen-bond donors (Lipinski definition) is 1. The third-order valence-electron chi connectivity index (χ3n) is 5.49. The maximum atomic E-state index is 13.1. The smallest absolute Gasteiger partial charge is 0.230 e. The molecule has 25 heavy (non-hydrogen) atoms. The number of rotatable bonds is 5. The molecule has 6 heteroatoms. The van der Waals surface area contributed by atoms with E-state index in [1.54, 1.807) is 12.1 Å². The van der Waals surface area contributed by atoms with Gasteiger partial charge in [-0.1, -0.05) is 31.4 Å². The zero-order chi connectivity index (χ0) is 17.9. The molecule has 2 fully saturated rings. The van der Waals surface area contributed by atoms with E-state index in [4.69, 9.17) is 4.74 Å². The van der Waals surface area contributed by atoms with Crippen LogP contribution in [0.5, 0.6) is 0 Å². The summed E-state index contributed by atoms with van der Waals surface area (Å²) in [6.45, 7) is 1.33. The van der Waals surface area contributed by atoms with Crippen LogP contribution < -0.4 is 5.32 Å². The van der Waals surface area contributed by atoms with Gasteiger partial charge in [0.25, 0.3) is 0 Å². The summed E-state index contributed by atoms with van der Waals surface area (Å²) in [6.07, 6.45) is 8.16. The van der Waals surface area contributed by atoms with Crippen molar-refractivity contribution in [1.29, 1.82) is 0 Å². The van der Waals surface area contributed by atoms with Crippen LogP contribution in [0.3, 0.4) is 0 Å². The molecule has 1 aromatic carbocycles. The predicted octanol–water partition coefficient (Wildman–Crippen LogP) is 2.59. The SMILES string of the molecule is CS(=O)(=O)c1ccc(C2(C(=O)NC[C@@H]3CCCO3)CCCCC2)cc1. The van der Waals surface area contributed by atoms with Crippen molar-refractivity contribution in [1.82, 2.24) is 5.32 Å². The van der Waals surface area contributed by atoms with Crippen LogP contribution in [0.15, 0.2) is 29.2 Å². The Kier molecular flexibility index (Phi) is 5.49. The maximum absolute atomic E-state index is 13.1.